The lowest BCUT2D eigenvalue weighted by Gasteiger charge is -2.24. The van der Waals surface area contributed by atoms with Crippen LogP contribution in [0.2, 0.25) is 0 Å². The molecule has 1 aliphatic heterocycles. The Morgan fingerprint density at radius 1 is 1.17 bits per heavy atom. The molecule has 2 aromatic heterocycles. The fourth-order valence-corrected chi connectivity index (χ4v) is 4.13. The van der Waals surface area contributed by atoms with Crippen LogP contribution in [0.25, 0.3) is 11.3 Å². The average molecular weight is 425 g/mol. The van der Waals surface area contributed by atoms with Crippen LogP contribution in [0.3, 0.4) is 0 Å². The van der Waals surface area contributed by atoms with Crippen molar-refractivity contribution in [1.82, 2.24) is 14.3 Å². The number of Topliss-reactive ketones (excluding diaryl/α,β-unsaturated/α-hetero) is 1. The van der Waals surface area contributed by atoms with E-state index in [0.717, 1.165) is 16.2 Å². The van der Waals surface area contributed by atoms with E-state index in [0.29, 0.717) is 40.4 Å². The van der Waals surface area contributed by atoms with Gasteiger partial charge in [0.25, 0.3) is 0 Å². The summed E-state index contributed by atoms with van der Waals surface area (Å²) in [7, 11) is -3.53. The normalized spacial score (nSPS) is 14.2. The Morgan fingerprint density at radius 2 is 1.93 bits per heavy atom. The molecular formula is C20H19N5O4S. The summed E-state index contributed by atoms with van der Waals surface area (Å²) < 4.78 is 25.1. The molecule has 0 aliphatic carbocycles. The number of carbonyl (C=O) groups is 2. The molecule has 9 nitrogen and oxygen atoms in total. The van der Waals surface area contributed by atoms with Gasteiger partial charge in [-0.15, -0.1) is 0 Å². The molecule has 0 radical (unpaired) electrons. The van der Waals surface area contributed by atoms with Crippen LogP contribution in [0.15, 0.2) is 48.7 Å². The predicted molar refractivity (Wildman–Crippen MR) is 113 cm³/mol. The molecule has 1 aromatic carbocycles. The monoisotopic (exact) mass is 425 g/mol. The molecule has 4 rings (SSSR count). The molecule has 0 saturated carbocycles. The number of nitrogens with zero attached hydrogens (tertiary/aromatic N) is 2. The Morgan fingerprint density at radius 3 is 2.63 bits per heavy atom. The Bertz CT molecular complexity index is 1220. The van der Waals surface area contributed by atoms with Gasteiger partial charge in [-0.25, -0.2) is 13.4 Å². The number of hydrogen-bond donors (Lipinski definition) is 3. The van der Waals surface area contributed by atoms with Crippen molar-refractivity contribution in [2.45, 2.75) is 6.54 Å². The van der Waals surface area contributed by atoms with Crippen molar-refractivity contribution < 1.29 is 18.0 Å². The minimum absolute atomic E-state index is 0.0634. The highest BCUT2D eigenvalue weighted by Crippen LogP contribution is 2.38. The minimum Gasteiger partial charge on any atom is -0.355 e. The van der Waals surface area contributed by atoms with Crippen molar-refractivity contribution in [3.8, 4) is 11.3 Å². The lowest BCUT2D eigenvalue weighted by atomic mass is 10.0. The van der Waals surface area contributed by atoms with Gasteiger partial charge in [-0.1, -0.05) is 18.2 Å². The summed E-state index contributed by atoms with van der Waals surface area (Å²) in [4.78, 5) is 31.0. The van der Waals surface area contributed by atoms with Crippen molar-refractivity contribution in [3.05, 3.63) is 59.9 Å². The number of sulfonamides is 1. The Labute approximate surface area is 173 Å². The molecule has 3 N–H and O–H groups in total. The number of fused-ring (bicyclic) bond motifs is 1. The summed E-state index contributed by atoms with van der Waals surface area (Å²) >= 11 is 0. The molecule has 1 aliphatic rings. The third-order valence-electron chi connectivity index (χ3n) is 4.78. The maximum atomic E-state index is 12.9. The summed E-state index contributed by atoms with van der Waals surface area (Å²) in [5.74, 6) is 0.0488. The number of nitrogens with one attached hydrogen (secondary N) is 3. The Kier molecular flexibility index (Phi) is 5.10. The van der Waals surface area contributed by atoms with E-state index in [2.05, 4.69) is 20.6 Å². The molecular weight excluding hydrogens is 406 g/mol. The zero-order valence-corrected chi connectivity index (χ0v) is 16.9. The number of pyridine rings is 1. The van der Waals surface area contributed by atoms with Gasteiger partial charge in [0.1, 0.15) is 5.82 Å². The molecule has 30 heavy (non-hydrogen) atoms. The summed E-state index contributed by atoms with van der Waals surface area (Å²) in [5.41, 5.74) is 3.55. The lowest BCUT2D eigenvalue weighted by molar-refractivity contribution is -0.105. The highest BCUT2D eigenvalue weighted by atomic mass is 32.2. The zero-order chi connectivity index (χ0) is 21.3. The number of anilines is 3. The van der Waals surface area contributed by atoms with E-state index in [9.17, 15) is 18.0 Å². The van der Waals surface area contributed by atoms with E-state index >= 15 is 0 Å². The van der Waals surface area contributed by atoms with Crippen molar-refractivity contribution in [2.75, 3.05) is 23.4 Å². The van der Waals surface area contributed by atoms with Crippen molar-refractivity contribution in [1.29, 1.82) is 0 Å². The van der Waals surface area contributed by atoms with Crippen molar-refractivity contribution in [3.63, 3.8) is 0 Å². The number of rotatable bonds is 6. The van der Waals surface area contributed by atoms with Crippen molar-refractivity contribution in [2.24, 2.45) is 0 Å². The van der Waals surface area contributed by atoms with Crippen LogP contribution in [-0.4, -0.2) is 47.7 Å². The molecule has 10 heteroatoms. The molecule has 0 spiro atoms. The fraction of sp³-hybridized carbons (Fsp3) is 0.150. The summed E-state index contributed by atoms with van der Waals surface area (Å²) in [6, 6.07) is 12.8. The van der Waals surface area contributed by atoms with Gasteiger partial charge in [-0.3, -0.25) is 9.59 Å². The molecule has 0 fully saturated rings. The quantitative estimate of drug-likeness (QED) is 0.521. The number of amides is 1. The number of para-hydroxylation sites is 1. The van der Waals surface area contributed by atoms with Crippen LogP contribution < -0.4 is 10.6 Å². The number of ketones is 1. The number of aromatic amines is 1. The fourth-order valence-electron chi connectivity index (χ4n) is 3.42. The van der Waals surface area contributed by atoms with Crippen LogP contribution in [-0.2, 0) is 21.4 Å². The second kappa shape index (κ2) is 7.73. The van der Waals surface area contributed by atoms with Crippen molar-refractivity contribution >= 4 is 39.4 Å². The van der Waals surface area contributed by atoms with E-state index in [-0.39, 0.29) is 18.9 Å². The highest BCUT2D eigenvalue weighted by Gasteiger charge is 2.34. The van der Waals surface area contributed by atoms with E-state index in [4.69, 9.17) is 0 Å². The number of H-pyrrole nitrogens is 1. The van der Waals surface area contributed by atoms with Gasteiger partial charge in [-0.2, -0.15) is 4.31 Å². The summed E-state index contributed by atoms with van der Waals surface area (Å²) in [5, 5.41) is 5.79. The van der Waals surface area contributed by atoms with Gasteiger partial charge in [0.2, 0.25) is 16.4 Å². The predicted octanol–water partition coefficient (Wildman–Crippen LogP) is 2.35. The van der Waals surface area contributed by atoms with Crippen LogP contribution in [0.1, 0.15) is 16.1 Å². The zero-order valence-electron chi connectivity index (χ0n) is 16.0. The lowest BCUT2D eigenvalue weighted by Crippen LogP contribution is -2.38. The topological polar surface area (TPSA) is 124 Å². The van der Waals surface area contributed by atoms with Crippen LogP contribution in [0, 0.1) is 0 Å². The molecule has 0 saturated heterocycles. The van der Waals surface area contributed by atoms with Gasteiger partial charge in [0.05, 0.1) is 36.3 Å². The van der Waals surface area contributed by atoms with Crippen LogP contribution >= 0.6 is 0 Å². The highest BCUT2D eigenvalue weighted by molar-refractivity contribution is 7.88. The molecule has 0 unspecified atom stereocenters. The number of benzene rings is 1. The molecule has 154 valence electrons. The molecule has 3 aromatic rings. The standard InChI is InChI=1S/C20H19N5O4S/c1-30(28,29)25-10-15-18(16(27)11-25)20(23-14-5-3-2-4-6-14)19(24-15)13-7-8-21-17(9-13)22-12-26/h2-9,12,23-24H,10-11H2,1H3,(H,21,22,26). The van der Waals surface area contributed by atoms with Gasteiger partial charge in [0.15, 0.2) is 5.78 Å². The van der Waals surface area contributed by atoms with Gasteiger partial charge < -0.3 is 15.6 Å². The number of hydrogen-bond acceptors (Lipinski definition) is 6. The molecule has 3 heterocycles. The SMILES string of the molecule is CS(=O)(=O)N1CC(=O)c2c([nH]c(-c3ccnc(NC=O)c3)c2Nc2ccccc2)C1. The Balaban J connectivity index is 1.86. The largest absolute Gasteiger partial charge is 0.355 e. The van der Waals surface area contributed by atoms with Gasteiger partial charge in [0, 0.05) is 23.1 Å². The maximum absolute atomic E-state index is 12.9. The van der Waals surface area contributed by atoms with E-state index in [1.807, 2.05) is 30.3 Å². The smallest absolute Gasteiger partial charge is 0.212 e. The van der Waals surface area contributed by atoms with E-state index < -0.39 is 10.0 Å². The molecule has 1 amide bonds. The first kappa shape index (κ1) is 19.8. The van der Waals surface area contributed by atoms with Gasteiger partial charge >= 0.3 is 0 Å². The van der Waals surface area contributed by atoms with Crippen LogP contribution in [0.4, 0.5) is 17.2 Å². The third kappa shape index (κ3) is 3.82. The van der Waals surface area contributed by atoms with Gasteiger partial charge in [-0.05, 0) is 24.3 Å². The van der Waals surface area contributed by atoms with E-state index in [1.54, 1.807) is 12.1 Å². The summed E-state index contributed by atoms with van der Waals surface area (Å²) in [6.45, 7) is -0.158. The first-order valence-corrected chi connectivity index (χ1v) is 10.9. The number of aromatic nitrogens is 2. The molecule has 0 bridgehead atoms. The minimum atomic E-state index is -3.53. The second-order valence-corrected chi connectivity index (χ2v) is 8.85. The summed E-state index contributed by atoms with van der Waals surface area (Å²) in [6.07, 6.45) is 3.15. The maximum Gasteiger partial charge on any atom is 0.212 e. The Hall–Kier alpha value is -3.50. The van der Waals surface area contributed by atoms with Crippen LogP contribution in [0.5, 0.6) is 0 Å². The first-order chi connectivity index (χ1) is 14.4. The first-order valence-electron chi connectivity index (χ1n) is 9.08. The molecule has 0 atom stereocenters. The average Bonchev–Trinajstić information content (AvgIpc) is 3.07. The number of carbonyl (C=O) groups excluding carboxylic acids is 2. The second-order valence-electron chi connectivity index (χ2n) is 6.87. The van der Waals surface area contributed by atoms with E-state index in [1.165, 1.54) is 6.20 Å². The third-order valence-corrected chi connectivity index (χ3v) is 5.97.